The highest BCUT2D eigenvalue weighted by atomic mass is 16.5. The molecule has 0 heterocycles. The lowest BCUT2D eigenvalue weighted by atomic mass is 10.2. The Bertz CT molecular complexity index is 133. The van der Waals surface area contributed by atoms with Crippen molar-refractivity contribution in [2.45, 2.75) is 25.8 Å². The molecule has 4 heteroatoms. The fourth-order valence-electron chi connectivity index (χ4n) is 1.15. The summed E-state index contributed by atoms with van der Waals surface area (Å²) in [5, 5.41) is 2.83. The first-order valence-electron chi connectivity index (χ1n) is 4.51. The molecule has 13 heavy (non-hydrogen) atoms. The van der Waals surface area contributed by atoms with Gasteiger partial charge in [0.1, 0.15) is 6.61 Å². The highest BCUT2D eigenvalue weighted by Crippen LogP contribution is 1.96. The first kappa shape index (κ1) is 12.4. The lowest BCUT2D eigenvalue weighted by Gasteiger charge is -2.16. The summed E-state index contributed by atoms with van der Waals surface area (Å²) in [6.07, 6.45) is 1.96. The van der Waals surface area contributed by atoms with Crippen LogP contribution < -0.4 is 5.32 Å². The van der Waals surface area contributed by atoms with Crippen LogP contribution in [0.25, 0.3) is 0 Å². The molecule has 0 radical (unpaired) electrons. The molecule has 4 nitrogen and oxygen atoms in total. The second-order valence-electron chi connectivity index (χ2n) is 2.94. The van der Waals surface area contributed by atoms with E-state index in [9.17, 15) is 4.79 Å². The van der Waals surface area contributed by atoms with Crippen LogP contribution in [0, 0.1) is 0 Å². The summed E-state index contributed by atoms with van der Waals surface area (Å²) in [6.45, 7) is 2.75. The van der Waals surface area contributed by atoms with E-state index in [1.54, 1.807) is 7.11 Å². The number of methoxy groups -OCH3 is 2. The lowest BCUT2D eigenvalue weighted by Crippen LogP contribution is -2.39. The Hall–Kier alpha value is -0.610. The van der Waals surface area contributed by atoms with Crippen LogP contribution in [0.3, 0.4) is 0 Å². The Kier molecular flexibility index (Phi) is 7.63. The zero-order chi connectivity index (χ0) is 10.1. The average Bonchev–Trinajstić information content (AvgIpc) is 2.05. The smallest absolute Gasteiger partial charge is 0.246 e. The van der Waals surface area contributed by atoms with E-state index in [1.807, 2.05) is 0 Å². The van der Waals surface area contributed by atoms with Crippen LogP contribution in [-0.2, 0) is 14.3 Å². The predicted molar refractivity (Wildman–Crippen MR) is 50.6 cm³/mol. The minimum absolute atomic E-state index is 0.0852. The van der Waals surface area contributed by atoms with E-state index >= 15 is 0 Å². The predicted octanol–water partition coefficient (Wildman–Crippen LogP) is 0.564. The maximum Gasteiger partial charge on any atom is 0.246 e. The molecule has 0 saturated carbocycles. The van der Waals surface area contributed by atoms with Crippen molar-refractivity contribution in [3.63, 3.8) is 0 Å². The molecule has 0 saturated heterocycles. The van der Waals surface area contributed by atoms with E-state index in [4.69, 9.17) is 9.47 Å². The number of hydrogen-bond donors (Lipinski definition) is 1. The summed E-state index contributed by atoms with van der Waals surface area (Å²) in [5.74, 6) is -0.0852. The van der Waals surface area contributed by atoms with E-state index in [2.05, 4.69) is 12.2 Å². The van der Waals surface area contributed by atoms with E-state index < -0.39 is 0 Å². The van der Waals surface area contributed by atoms with Gasteiger partial charge in [0, 0.05) is 14.2 Å². The molecule has 1 unspecified atom stereocenters. The van der Waals surface area contributed by atoms with Crippen molar-refractivity contribution in [1.82, 2.24) is 5.32 Å². The van der Waals surface area contributed by atoms with Crippen molar-refractivity contribution in [3.8, 4) is 0 Å². The first-order chi connectivity index (χ1) is 6.24. The first-order valence-corrected chi connectivity index (χ1v) is 4.51. The molecular formula is C9H19NO3. The van der Waals surface area contributed by atoms with Gasteiger partial charge in [-0.25, -0.2) is 0 Å². The molecule has 0 aromatic rings. The van der Waals surface area contributed by atoms with Crippen molar-refractivity contribution in [1.29, 1.82) is 0 Å². The monoisotopic (exact) mass is 189 g/mol. The van der Waals surface area contributed by atoms with Gasteiger partial charge in [0.05, 0.1) is 12.6 Å². The third-order valence-corrected chi connectivity index (χ3v) is 1.65. The minimum Gasteiger partial charge on any atom is -0.383 e. The second kappa shape index (κ2) is 8.01. The molecule has 1 N–H and O–H groups in total. The lowest BCUT2D eigenvalue weighted by molar-refractivity contribution is -0.125. The van der Waals surface area contributed by atoms with Crippen molar-refractivity contribution >= 4 is 5.91 Å². The molecule has 0 aliphatic heterocycles. The summed E-state index contributed by atoms with van der Waals surface area (Å²) < 4.78 is 9.69. The summed E-state index contributed by atoms with van der Waals surface area (Å²) in [4.78, 5) is 11.1. The topological polar surface area (TPSA) is 47.6 Å². The molecule has 1 amide bonds. The molecule has 0 fully saturated rings. The largest absolute Gasteiger partial charge is 0.383 e. The maximum absolute atomic E-state index is 11.1. The van der Waals surface area contributed by atoms with Crippen molar-refractivity contribution in [2.24, 2.45) is 0 Å². The Balaban J connectivity index is 3.71. The van der Waals surface area contributed by atoms with E-state index in [0.29, 0.717) is 6.61 Å². The highest BCUT2D eigenvalue weighted by Gasteiger charge is 2.10. The van der Waals surface area contributed by atoms with Crippen LogP contribution in [0.1, 0.15) is 19.8 Å². The fourth-order valence-corrected chi connectivity index (χ4v) is 1.15. The Morgan fingerprint density at radius 3 is 2.54 bits per heavy atom. The molecule has 0 spiro atoms. The number of amides is 1. The van der Waals surface area contributed by atoms with Gasteiger partial charge in [-0.3, -0.25) is 4.79 Å². The Morgan fingerprint density at radius 1 is 1.38 bits per heavy atom. The van der Waals surface area contributed by atoms with Gasteiger partial charge in [-0.15, -0.1) is 0 Å². The maximum atomic E-state index is 11.1. The van der Waals surface area contributed by atoms with Gasteiger partial charge in [-0.2, -0.15) is 0 Å². The number of rotatable bonds is 7. The van der Waals surface area contributed by atoms with Gasteiger partial charge in [0.2, 0.25) is 5.91 Å². The summed E-state index contributed by atoms with van der Waals surface area (Å²) >= 11 is 0. The highest BCUT2D eigenvalue weighted by molar-refractivity contribution is 5.77. The van der Waals surface area contributed by atoms with Gasteiger partial charge in [0.25, 0.3) is 0 Å². The van der Waals surface area contributed by atoms with Crippen molar-refractivity contribution < 1.29 is 14.3 Å². The summed E-state index contributed by atoms with van der Waals surface area (Å²) in [5.41, 5.74) is 0. The molecule has 0 aliphatic carbocycles. The third-order valence-electron chi connectivity index (χ3n) is 1.65. The molecular weight excluding hydrogens is 170 g/mol. The minimum atomic E-state index is -0.0852. The molecule has 1 atom stereocenters. The van der Waals surface area contributed by atoms with Crippen LogP contribution in [0.5, 0.6) is 0 Å². The summed E-state index contributed by atoms with van der Waals surface area (Å²) in [6, 6.07) is 0.109. The molecule has 0 aromatic carbocycles. The van der Waals surface area contributed by atoms with Crippen LogP contribution in [0.2, 0.25) is 0 Å². The number of nitrogens with one attached hydrogen (secondary N) is 1. The third kappa shape index (κ3) is 6.54. The molecule has 0 aliphatic rings. The van der Waals surface area contributed by atoms with Crippen molar-refractivity contribution in [2.75, 3.05) is 27.4 Å². The molecule has 78 valence electrons. The number of ether oxygens (including phenoxy) is 2. The standard InChI is InChI=1S/C9H19NO3/c1-4-5-8(6-12-2)10-9(11)7-13-3/h8H,4-7H2,1-3H3,(H,10,11). The second-order valence-corrected chi connectivity index (χ2v) is 2.94. The van der Waals surface area contributed by atoms with Gasteiger partial charge >= 0.3 is 0 Å². The Labute approximate surface area is 79.6 Å². The van der Waals surface area contributed by atoms with Crippen LogP contribution in [0.4, 0.5) is 0 Å². The fraction of sp³-hybridized carbons (Fsp3) is 0.889. The van der Waals surface area contributed by atoms with Gasteiger partial charge in [-0.05, 0) is 6.42 Å². The van der Waals surface area contributed by atoms with E-state index in [1.165, 1.54) is 7.11 Å². The number of hydrogen-bond acceptors (Lipinski definition) is 3. The summed E-state index contributed by atoms with van der Waals surface area (Å²) in [7, 11) is 3.13. The Morgan fingerprint density at radius 2 is 2.08 bits per heavy atom. The van der Waals surface area contributed by atoms with E-state index in [0.717, 1.165) is 12.8 Å². The van der Waals surface area contributed by atoms with Crippen molar-refractivity contribution in [3.05, 3.63) is 0 Å². The molecule has 0 bridgehead atoms. The quantitative estimate of drug-likeness (QED) is 0.636. The van der Waals surface area contributed by atoms with E-state index in [-0.39, 0.29) is 18.6 Å². The van der Waals surface area contributed by atoms with Gasteiger partial charge < -0.3 is 14.8 Å². The molecule has 0 rings (SSSR count). The normalized spacial score (nSPS) is 12.5. The zero-order valence-electron chi connectivity index (χ0n) is 8.63. The van der Waals surface area contributed by atoms with Crippen LogP contribution in [0.15, 0.2) is 0 Å². The SMILES string of the molecule is CCCC(COC)NC(=O)COC. The van der Waals surface area contributed by atoms with Crippen LogP contribution >= 0.6 is 0 Å². The number of carbonyl (C=O) groups excluding carboxylic acids is 1. The average molecular weight is 189 g/mol. The number of carbonyl (C=O) groups is 1. The van der Waals surface area contributed by atoms with Crippen LogP contribution in [-0.4, -0.2) is 39.4 Å². The zero-order valence-corrected chi connectivity index (χ0v) is 8.63. The molecule has 0 aromatic heterocycles. The van der Waals surface area contributed by atoms with Gasteiger partial charge in [-0.1, -0.05) is 13.3 Å². The van der Waals surface area contributed by atoms with Gasteiger partial charge in [0.15, 0.2) is 0 Å².